The third kappa shape index (κ3) is 3.31. The van der Waals surface area contributed by atoms with Crippen molar-refractivity contribution in [3.63, 3.8) is 0 Å². The van der Waals surface area contributed by atoms with Gasteiger partial charge < -0.3 is 9.84 Å². The van der Waals surface area contributed by atoms with Gasteiger partial charge in [-0.1, -0.05) is 15.9 Å². The number of halogens is 2. The summed E-state index contributed by atoms with van der Waals surface area (Å²) in [6.45, 7) is 4.42. The summed E-state index contributed by atoms with van der Waals surface area (Å²) < 4.78 is 20.1. The topological polar surface area (TPSA) is 29.5 Å². The fraction of sp³-hybridized carbons (Fsp3) is 0.571. The number of hydrogen-bond donors (Lipinski definition) is 1. The smallest absolute Gasteiger partial charge is 0.126 e. The lowest BCUT2D eigenvalue weighted by Crippen LogP contribution is -2.47. The Balaban J connectivity index is 2.19. The summed E-state index contributed by atoms with van der Waals surface area (Å²) in [5, 5.41) is 10.6. The first-order valence-corrected chi connectivity index (χ1v) is 6.89. The van der Waals surface area contributed by atoms with E-state index in [1.807, 2.05) is 13.8 Å². The van der Waals surface area contributed by atoms with Crippen molar-refractivity contribution in [1.82, 2.24) is 0 Å². The Morgan fingerprint density at radius 3 is 2.83 bits per heavy atom. The van der Waals surface area contributed by atoms with E-state index in [0.29, 0.717) is 31.4 Å². The summed E-state index contributed by atoms with van der Waals surface area (Å²) in [5.41, 5.74) is -0.691. The van der Waals surface area contributed by atoms with Crippen LogP contribution in [0.1, 0.15) is 32.3 Å². The van der Waals surface area contributed by atoms with Gasteiger partial charge in [-0.25, -0.2) is 4.39 Å². The molecular weight excluding hydrogens is 299 g/mol. The fourth-order valence-corrected chi connectivity index (χ4v) is 3.04. The quantitative estimate of drug-likeness (QED) is 0.905. The average Bonchev–Trinajstić information content (AvgIpc) is 2.21. The Bertz CT molecular complexity index is 447. The van der Waals surface area contributed by atoms with Crippen molar-refractivity contribution >= 4 is 15.9 Å². The molecule has 2 rings (SSSR count). The highest BCUT2D eigenvalue weighted by Crippen LogP contribution is 2.35. The third-order valence-electron chi connectivity index (χ3n) is 3.34. The van der Waals surface area contributed by atoms with Gasteiger partial charge in [0.1, 0.15) is 5.82 Å². The fourth-order valence-electron chi connectivity index (χ4n) is 2.63. The monoisotopic (exact) mass is 316 g/mol. The van der Waals surface area contributed by atoms with Crippen molar-refractivity contribution in [2.24, 2.45) is 0 Å². The van der Waals surface area contributed by atoms with Gasteiger partial charge in [-0.3, -0.25) is 0 Å². The Morgan fingerprint density at radius 2 is 2.17 bits per heavy atom. The molecule has 1 N–H and O–H groups in total. The summed E-state index contributed by atoms with van der Waals surface area (Å²) in [6, 6.07) is 4.82. The highest BCUT2D eigenvalue weighted by Gasteiger charge is 2.39. The van der Waals surface area contributed by atoms with Gasteiger partial charge >= 0.3 is 0 Å². The molecule has 1 heterocycles. The van der Waals surface area contributed by atoms with E-state index in [2.05, 4.69) is 15.9 Å². The van der Waals surface area contributed by atoms with Crippen LogP contribution in [-0.4, -0.2) is 22.9 Å². The number of aliphatic hydroxyl groups is 1. The van der Waals surface area contributed by atoms with Gasteiger partial charge in [-0.05, 0) is 44.0 Å². The molecule has 1 unspecified atom stereocenters. The number of ether oxygens (including phenoxy) is 1. The molecule has 4 heteroatoms. The summed E-state index contributed by atoms with van der Waals surface area (Å²) in [4.78, 5) is 0. The first-order valence-electron chi connectivity index (χ1n) is 6.10. The SMILES string of the molecule is CC1(C)CC(O)(Cc2cc(Br)ccc2F)CCO1. The Hall–Kier alpha value is -0.450. The molecule has 0 saturated carbocycles. The molecule has 18 heavy (non-hydrogen) atoms. The summed E-state index contributed by atoms with van der Waals surface area (Å²) in [6.07, 6.45) is 1.39. The maximum Gasteiger partial charge on any atom is 0.126 e. The molecule has 0 spiro atoms. The van der Waals surface area contributed by atoms with E-state index in [0.717, 1.165) is 4.47 Å². The Kier molecular flexibility index (Phi) is 3.81. The van der Waals surface area contributed by atoms with Crippen molar-refractivity contribution in [3.05, 3.63) is 34.1 Å². The van der Waals surface area contributed by atoms with Crippen molar-refractivity contribution in [2.45, 2.75) is 44.3 Å². The lowest BCUT2D eigenvalue weighted by molar-refractivity contribution is -0.143. The van der Waals surface area contributed by atoms with Crippen molar-refractivity contribution in [3.8, 4) is 0 Å². The van der Waals surface area contributed by atoms with Gasteiger partial charge in [0.15, 0.2) is 0 Å². The average molecular weight is 317 g/mol. The molecule has 1 aliphatic rings. The second kappa shape index (κ2) is 4.91. The van der Waals surface area contributed by atoms with Crippen LogP contribution in [-0.2, 0) is 11.2 Å². The van der Waals surface area contributed by atoms with Crippen LogP contribution in [0.3, 0.4) is 0 Å². The summed E-state index contributed by atoms with van der Waals surface area (Å²) in [7, 11) is 0. The molecule has 1 fully saturated rings. The van der Waals surface area contributed by atoms with Gasteiger partial charge in [0, 0.05) is 17.3 Å². The van der Waals surface area contributed by atoms with Crippen molar-refractivity contribution < 1.29 is 14.2 Å². The zero-order chi connectivity index (χ0) is 13.4. The predicted molar refractivity (Wildman–Crippen MR) is 72.0 cm³/mol. The van der Waals surface area contributed by atoms with E-state index in [-0.39, 0.29) is 11.4 Å². The van der Waals surface area contributed by atoms with Crippen LogP contribution in [0.25, 0.3) is 0 Å². The normalized spacial score (nSPS) is 27.2. The standard InChI is InChI=1S/C14H18BrFO2/c1-13(2)9-14(17,5-6-18-13)8-10-7-11(15)3-4-12(10)16/h3-4,7,17H,5-6,8-9H2,1-2H3. The zero-order valence-electron chi connectivity index (χ0n) is 10.7. The lowest BCUT2D eigenvalue weighted by Gasteiger charge is -2.41. The second-order valence-electron chi connectivity index (χ2n) is 5.67. The molecular formula is C14H18BrFO2. The van der Waals surface area contributed by atoms with Gasteiger partial charge in [0.2, 0.25) is 0 Å². The van der Waals surface area contributed by atoms with E-state index in [1.165, 1.54) is 6.07 Å². The van der Waals surface area contributed by atoms with Gasteiger partial charge in [0.05, 0.1) is 17.8 Å². The van der Waals surface area contributed by atoms with Crippen LogP contribution < -0.4 is 0 Å². The van der Waals surface area contributed by atoms with E-state index in [9.17, 15) is 9.50 Å². The van der Waals surface area contributed by atoms with Crippen LogP contribution >= 0.6 is 15.9 Å². The van der Waals surface area contributed by atoms with E-state index in [1.54, 1.807) is 12.1 Å². The lowest BCUT2D eigenvalue weighted by atomic mass is 9.80. The first kappa shape index (κ1) is 14.0. The number of rotatable bonds is 2. The molecule has 1 aromatic carbocycles. The Morgan fingerprint density at radius 1 is 1.44 bits per heavy atom. The zero-order valence-corrected chi connectivity index (χ0v) is 12.3. The van der Waals surface area contributed by atoms with Gasteiger partial charge in [0.25, 0.3) is 0 Å². The predicted octanol–water partition coefficient (Wildman–Crippen LogP) is 3.45. The molecule has 100 valence electrons. The molecule has 0 amide bonds. The second-order valence-corrected chi connectivity index (χ2v) is 6.59. The van der Waals surface area contributed by atoms with Crippen LogP contribution in [0.2, 0.25) is 0 Å². The highest BCUT2D eigenvalue weighted by molar-refractivity contribution is 9.10. The maximum absolute atomic E-state index is 13.7. The van der Waals surface area contributed by atoms with Gasteiger partial charge in [-0.2, -0.15) is 0 Å². The third-order valence-corrected chi connectivity index (χ3v) is 3.84. The van der Waals surface area contributed by atoms with E-state index in [4.69, 9.17) is 4.74 Å². The minimum Gasteiger partial charge on any atom is -0.389 e. The van der Waals surface area contributed by atoms with Crippen LogP contribution in [0, 0.1) is 5.82 Å². The molecule has 1 atom stereocenters. The number of benzene rings is 1. The molecule has 1 aliphatic heterocycles. The number of hydrogen-bond acceptors (Lipinski definition) is 2. The summed E-state index contributed by atoms with van der Waals surface area (Å²) >= 11 is 3.33. The van der Waals surface area contributed by atoms with Gasteiger partial charge in [-0.15, -0.1) is 0 Å². The molecule has 0 aromatic heterocycles. The summed E-state index contributed by atoms with van der Waals surface area (Å²) in [5.74, 6) is -0.268. The van der Waals surface area contributed by atoms with Crippen LogP contribution in [0.15, 0.2) is 22.7 Å². The molecule has 0 aliphatic carbocycles. The van der Waals surface area contributed by atoms with Crippen LogP contribution in [0.5, 0.6) is 0 Å². The minimum atomic E-state index is -0.886. The minimum absolute atomic E-state index is 0.268. The van der Waals surface area contributed by atoms with Crippen molar-refractivity contribution in [1.29, 1.82) is 0 Å². The molecule has 2 nitrogen and oxygen atoms in total. The highest BCUT2D eigenvalue weighted by atomic mass is 79.9. The van der Waals surface area contributed by atoms with E-state index < -0.39 is 5.60 Å². The van der Waals surface area contributed by atoms with E-state index >= 15 is 0 Å². The molecule has 0 bridgehead atoms. The maximum atomic E-state index is 13.7. The Labute approximate surface area is 115 Å². The first-order chi connectivity index (χ1) is 8.30. The largest absolute Gasteiger partial charge is 0.389 e. The van der Waals surface area contributed by atoms with Crippen molar-refractivity contribution in [2.75, 3.05) is 6.61 Å². The van der Waals surface area contributed by atoms with Crippen LogP contribution in [0.4, 0.5) is 4.39 Å². The molecule has 1 aromatic rings. The molecule has 1 saturated heterocycles. The molecule has 0 radical (unpaired) electrons.